The highest BCUT2D eigenvalue weighted by Crippen LogP contribution is 2.64. The molecule has 0 radical (unpaired) electrons. The minimum Gasteiger partial charge on any atom is -0.508 e. The zero-order valence-corrected chi connectivity index (χ0v) is 22.4. The predicted molar refractivity (Wildman–Crippen MR) is 148 cm³/mol. The smallest absolute Gasteiger partial charge is 0.192 e. The normalized spacial score (nSPS) is 28.1. The van der Waals surface area contributed by atoms with Crippen molar-refractivity contribution in [1.29, 1.82) is 0 Å². The second-order valence-electron chi connectivity index (χ2n) is 11.6. The summed E-state index contributed by atoms with van der Waals surface area (Å²) in [4.78, 5) is 0. The third kappa shape index (κ3) is 3.40. The molecule has 3 heterocycles. The van der Waals surface area contributed by atoms with Gasteiger partial charge < -0.3 is 54.7 Å². The molecule has 1 saturated heterocycles. The van der Waals surface area contributed by atoms with Gasteiger partial charge >= 0.3 is 0 Å². The van der Waals surface area contributed by atoms with Gasteiger partial charge in [0, 0.05) is 36.1 Å². The minimum atomic E-state index is -1.90. The van der Waals surface area contributed by atoms with E-state index in [1.165, 1.54) is 48.5 Å². The number of phenolic OH excluding ortho intramolecular Hbond substituents is 6. The van der Waals surface area contributed by atoms with Crippen molar-refractivity contribution < 1.29 is 54.7 Å². The Labute approximate surface area is 244 Å². The van der Waals surface area contributed by atoms with E-state index >= 15 is 0 Å². The predicted octanol–water partition coefficient (Wildman–Crippen LogP) is 3.26. The van der Waals surface area contributed by atoms with Crippen LogP contribution in [0.5, 0.6) is 46.0 Å². The van der Waals surface area contributed by atoms with Crippen LogP contribution >= 0.6 is 0 Å². The van der Waals surface area contributed by atoms with E-state index < -0.39 is 23.1 Å². The van der Waals surface area contributed by atoms with Crippen LogP contribution in [-0.2, 0) is 27.9 Å². The molecule has 1 fully saturated rings. The van der Waals surface area contributed by atoms with E-state index in [9.17, 15) is 35.7 Å². The molecule has 4 atom stereocenters. The van der Waals surface area contributed by atoms with Crippen LogP contribution < -0.4 is 9.47 Å². The number of ether oxygens (including phenoxy) is 4. The highest BCUT2D eigenvalue weighted by atomic mass is 16.8. The molecular weight excluding hydrogens is 560 g/mol. The van der Waals surface area contributed by atoms with Gasteiger partial charge in [0.25, 0.3) is 0 Å². The number of phenols is 6. The molecule has 0 spiro atoms. The Morgan fingerprint density at radius 2 is 1.23 bits per heavy atom. The fraction of sp³-hybridized carbons (Fsp3) is 0.250. The third-order valence-electron chi connectivity index (χ3n) is 8.99. The monoisotopic (exact) mass is 586 g/mol. The highest BCUT2D eigenvalue weighted by molar-refractivity contribution is 5.77. The molecule has 0 saturated carbocycles. The lowest BCUT2D eigenvalue weighted by Crippen LogP contribution is -2.54. The fourth-order valence-electron chi connectivity index (χ4n) is 7.04. The molecule has 220 valence electrons. The van der Waals surface area contributed by atoms with E-state index in [1.54, 1.807) is 12.1 Å². The quantitative estimate of drug-likeness (QED) is 0.163. The number of aromatic hydroxyl groups is 6. The molecule has 7 N–H and O–H groups in total. The van der Waals surface area contributed by atoms with Crippen LogP contribution in [0.15, 0.2) is 60.7 Å². The summed E-state index contributed by atoms with van der Waals surface area (Å²) in [6.07, 6.45) is -1.29. The summed E-state index contributed by atoms with van der Waals surface area (Å²) in [7, 11) is 0. The van der Waals surface area contributed by atoms with Crippen LogP contribution in [0.1, 0.15) is 22.3 Å². The zero-order chi connectivity index (χ0) is 29.9. The average molecular weight is 587 g/mol. The van der Waals surface area contributed by atoms with Gasteiger partial charge in [-0.2, -0.15) is 0 Å². The third-order valence-corrected chi connectivity index (χ3v) is 8.99. The summed E-state index contributed by atoms with van der Waals surface area (Å²) in [5.41, 5.74) is -1.46. The molecule has 3 aliphatic heterocycles. The van der Waals surface area contributed by atoms with Crippen LogP contribution in [0.25, 0.3) is 11.1 Å². The Morgan fingerprint density at radius 1 is 0.581 bits per heavy atom. The van der Waals surface area contributed by atoms with Gasteiger partial charge in [0.15, 0.2) is 40.5 Å². The number of benzene rings is 4. The van der Waals surface area contributed by atoms with Gasteiger partial charge in [-0.1, -0.05) is 0 Å². The number of hydrogen-bond donors (Lipinski definition) is 7. The Morgan fingerprint density at radius 3 is 2.02 bits per heavy atom. The molecule has 4 aliphatic rings. The van der Waals surface area contributed by atoms with Crippen molar-refractivity contribution in [3.63, 3.8) is 0 Å². The maximum absolute atomic E-state index is 12.4. The molecule has 4 aromatic rings. The Hall–Kier alpha value is -4.84. The molecule has 1 aliphatic carbocycles. The van der Waals surface area contributed by atoms with Crippen molar-refractivity contribution in [3.8, 4) is 57.1 Å². The zero-order valence-electron chi connectivity index (χ0n) is 22.4. The van der Waals surface area contributed by atoms with E-state index in [4.69, 9.17) is 18.9 Å². The first kappa shape index (κ1) is 25.8. The maximum atomic E-state index is 12.4. The molecule has 11 nitrogen and oxygen atoms in total. The van der Waals surface area contributed by atoms with Crippen LogP contribution in [0.4, 0.5) is 0 Å². The Bertz CT molecular complexity index is 1850. The average Bonchev–Trinajstić information content (AvgIpc) is 3.44. The minimum absolute atomic E-state index is 0.0291. The van der Waals surface area contributed by atoms with Gasteiger partial charge in [-0.25, -0.2) is 0 Å². The maximum Gasteiger partial charge on any atom is 0.192 e. The molecular formula is C32H26O11. The molecule has 0 bridgehead atoms. The van der Waals surface area contributed by atoms with Crippen molar-refractivity contribution in [2.45, 2.75) is 35.9 Å². The molecule has 11 heteroatoms. The molecule has 4 aromatic carbocycles. The molecule has 0 aromatic heterocycles. The van der Waals surface area contributed by atoms with Gasteiger partial charge in [-0.05, 0) is 70.8 Å². The van der Waals surface area contributed by atoms with Crippen molar-refractivity contribution in [1.82, 2.24) is 0 Å². The summed E-state index contributed by atoms with van der Waals surface area (Å²) in [6, 6.07) is 14.6. The van der Waals surface area contributed by atoms with Crippen LogP contribution in [0.2, 0.25) is 0 Å². The van der Waals surface area contributed by atoms with Crippen LogP contribution in [0.3, 0.4) is 0 Å². The summed E-state index contributed by atoms with van der Waals surface area (Å²) in [5.74, 6) is -0.968. The second-order valence-corrected chi connectivity index (χ2v) is 11.6. The molecule has 0 amide bonds. The van der Waals surface area contributed by atoms with Crippen molar-refractivity contribution in [2.75, 3.05) is 13.2 Å². The summed E-state index contributed by atoms with van der Waals surface area (Å²) in [5, 5.41) is 74.3. The molecule has 1 unspecified atom stereocenters. The van der Waals surface area contributed by atoms with Crippen LogP contribution in [-0.4, -0.2) is 66.5 Å². The van der Waals surface area contributed by atoms with Crippen molar-refractivity contribution in [3.05, 3.63) is 82.9 Å². The Kier molecular flexibility index (Phi) is 5.03. The first-order chi connectivity index (χ1) is 20.5. The van der Waals surface area contributed by atoms with E-state index in [1.807, 2.05) is 0 Å². The topological polar surface area (TPSA) is 179 Å². The first-order valence-electron chi connectivity index (χ1n) is 13.6. The lowest BCUT2D eigenvalue weighted by molar-refractivity contribution is -0.218. The van der Waals surface area contributed by atoms with E-state index in [0.717, 1.165) is 0 Å². The van der Waals surface area contributed by atoms with Gasteiger partial charge in [0.1, 0.15) is 41.8 Å². The number of aliphatic hydroxyl groups is 1. The second kappa shape index (κ2) is 8.38. The molecule has 43 heavy (non-hydrogen) atoms. The first-order valence-corrected chi connectivity index (χ1v) is 13.6. The number of fused-ring (bicyclic) bond motifs is 5. The number of hydrogen-bond acceptors (Lipinski definition) is 11. The van der Waals surface area contributed by atoms with Gasteiger partial charge in [0.2, 0.25) is 0 Å². The standard InChI is InChI=1S/C32H26O11/c33-17-1-3-19-20-9-25(37)23(35)5-15(20)11-30(39,13-40-27(19)7-17)29-42-31-12-16-6-24(36)26(38)10-22(16)32(31,43-29)21-4-2-18(34)8-28(21)41-14-31/h1-10,29,33-39H,11-14H2/t29?,30-,31+,32+/m0/s1. The van der Waals surface area contributed by atoms with E-state index in [2.05, 4.69) is 0 Å². The molecule has 8 rings (SSSR count). The van der Waals surface area contributed by atoms with Gasteiger partial charge in [0.05, 0.1) is 0 Å². The SMILES string of the molecule is Oc1ccc2c(c1)OC[C@](O)(C1O[C@]34COc5cc(O)ccc5[C@@]3(O1)c1cc(O)c(O)cc1C4)Cc1cc(O)c(O)cc1-2. The number of rotatable bonds is 1. The fourth-order valence-corrected chi connectivity index (χ4v) is 7.04. The lowest BCUT2D eigenvalue weighted by atomic mass is 9.76. The summed E-state index contributed by atoms with van der Waals surface area (Å²) in [6.45, 7) is -0.395. The van der Waals surface area contributed by atoms with Crippen molar-refractivity contribution >= 4 is 0 Å². The summed E-state index contributed by atoms with van der Waals surface area (Å²) < 4.78 is 25.6. The van der Waals surface area contributed by atoms with E-state index in [0.29, 0.717) is 39.1 Å². The van der Waals surface area contributed by atoms with Gasteiger partial charge in [-0.3, -0.25) is 0 Å². The summed E-state index contributed by atoms with van der Waals surface area (Å²) >= 11 is 0. The van der Waals surface area contributed by atoms with E-state index in [-0.39, 0.29) is 66.3 Å². The van der Waals surface area contributed by atoms with Crippen LogP contribution in [0, 0.1) is 0 Å². The lowest BCUT2D eigenvalue weighted by Gasteiger charge is -2.42. The largest absolute Gasteiger partial charge is 0.508 e. The van der Waals surface area contributed by atoms with Crippen molar-refractivity contribution in [2.24, 2.45) is 0 Å². The Balaban J connectivity index is 1.29. The highest BCUT2D eigenvalue weighted by Gasteiger charge is 2.72. The van der Waals surface area contributed by atoms with Gasteiger partial charge in [-0.15, -0.1) is 0 Å².